The number of hydrogen-bond donors (Lipinski definition) is 2. The molecule has 2 N–H and O–H groups in total. The number of hydrogen-bond acceptors (Lipinski definition) is 9. The zero-order valence-electron chi connectivity index (χ0n) is 30.2. The molecule has 1 amide bonds. The number of aliphatic hydroxyl groups excluding tert-OH is 1. The van der Waals surface area contributed by atoms with Gasteiger partial charge in [0.2, 0.25) is 15.9 Å². The minimum Gasteiger partial charge on any atom is -0.496 e. The van der Waals surface area contributed by atoms with Crippen molar-refractivity contribution in [1.29, 1.82) is 0 Å². The van der Waals surface area contributed by atoms with E-state index >= 15 is 0 Å². The number of amides is 1. The zero-order chi connectivity index (χ0) is 39.3. The van der Waals surface area contributed by atoms with Gasteiger partial charge in [0.05, 0.1) is 61.1 Å². The van der Waals surface area contributed by atoms with Crippen molar-refractivity contribution in [1.82, 2.24) is 20.1 Å². The average molecular weight is 778 g/mol. The van der Waals surface area contributed by atoms with Crippen molar-refractivity contribution in [2.75, 3.05) is 31.3 Å². The first kappa shape index (κ1) is 36.4. The van der Waals surface area contributed by atoms with E-state index in [9.17, 15) is 27.1 Å². The van der Waals surface area contributed by atoms with Crippen LogP contribution in [0.4, 0.5) is 14.5 Å². The molecule has 3 heterocycles. The van der Waals surface area contributed by atoms with Crippen LogP contribution in [0.2, 0.25) is 0 Å². The molecule has 0 radical (unpaired) electrons. The van der Waals surface area contributed by atoms with Gasteiger partial charge in [0.1, 0.15) is 28.4 Å². The normalized spacial score (nSPS) is 12.4. The van der Waals surface area contributed by atoms with Gasteiger partial charge in [-0.3, -0.25) is 13.8 Å². The summed E-state index contributed by atoms with van der Waals surface area (Å²) in [6.07, 6.45) is 1.44. The molecule has 3 aromatic heterocycles. The molecular formula is C41H33F2N5O7S. The fourth-order valence-corrected chi connectivity index (χ4v) is 7.78. The molecule has 0 spiro atoms. The molecule has 0 saturated heterocycles. The number of benzene rings is 5. The molecule has 8 aromatic rings. The Hall–Kier alpha value is -6.58. The molecule has 12 nitrogen and oxygen atoms in total. The van der Waals surface area contributed by atoms with E-state index in [1.807, 2.05) is 24.3 Å². The molecule has 0 aliphatic carbocycles. The van der Waals surface area contributed by atoms with E-state index in [-0.39, 0.29) is 46.1 Å². The number of nitrogens with zero attached hydrogens (tertiary/aromatic N) is 4. The maximum Gasteiger partial charge on any atom is 0.255 e. The topological polar surface area (TPSA) is 153 Å². The van der Waals surface area contributed by atoms with E-state index in [1.165, 1.54) is 56.6 Å². The number of methoxy groups -OCH3 is 1. The predicted octanol–water partition coefficient (Wildman–Crippen LogP) is 7.40. The Labute approximate surface area is 318 Å². The summed E-state index contributed by atoms with van der Waals surface area (Å²) in [5, 5.41) is 19.7. The number of para-hydroxylation sites is 2. The van der Waals surface area contributed by atoms with Crippen LogP contribution >= 0.6 is 0 Å². The summed E-state index contributed by atoms with van der Waals surface area (Å²) in [5.74, 6) is -1.07. The lowest BCUT2D eigenvalue weighted by Crippen LogP contribution is -2.39. The summed E-state index contributed by atoms with van der Waals surface area (Å²) in [6.45, 7) is -0.429. The monoisotopic (exact) mass is 777 g/mol. The number of furan rings is 1. The lowest BCUT2D eigenvalue weighted by atomic mass is 9.96. The van der Waals surface area contributed by atoms with E-state index < -0.39 is 40.2 Å². The van der Waals surface area contributed by atoms with Gasteiger partial charge in [-0.1, -0.05) is 30.3 Å². The van der Waals surface area contributed by atoms with Crippen LogP contribution in [0, 0.1) is 11.6 Å². The molecule has 284 valence electrons. The van der Waals surface area contributed by atoms with E-state index in [4.69, 9.17) is 13.6 Å². The Morgan fingerprint density at radius 3 is 2.45 bits per heavy atom. The van der Waals surface area contributed by atoms with Crippen LogP contribution in [0.15, 0.2) is 112 Å². The smallest absolute Gasteiger partial charge is 0.255 e. The molecular weight excluding hydrogens is 745 g/mol. The van der Waals surface area contributed by atoms with Crippen molar-refractivity contribution >= 4 is 54.6 Å². The van der Waals surface area contributed by atoms with Crippen LogP contribution in [-0.4, -0.2) is 67.3 Å². The molecule has 0 fully saturated rings. The SMILES string of the molecule is CNC(=O)c1c(-c2ccc(F)cc2)oc2cc(N(CC(O)Cn3ncc4ccccc43)S(C)(=O)=O)c(-c3ccc(OC)c(-c4nc5c(F)cccc5o4)c3)cc12. The highest BCUT2D eigenvalue weighted by molar-refractivity contribution is 7.92. The first-order valence-electron chi connectivity index (χ1n) is 17.3. The largest absolute Gasteiger partial charge is 0.496 e. The highest BCUT2D eigenvalue weighted by Gasteiger charge is 2.30. The highest BCUT2D eigenvalue weighted by Crippen LogP contribution is 2.44. The lowest BCUT2D eigenvalue weighted by Gasteiger charge is -2.27. The summed E-state index contributed by atoms with van der Waals surface area (Å²) in [7, 11) is -1.22. The standard InChI is InChI=1S/C41H33F2N5O7S/c1-44-40(50)37-29-18-28(24-13-16-34(53-2)30(17-24)41-46-38-31(43)8-6-10-35(38)55-41)33(19-36(29)54-39(37)23-11-14-26(42)15-12-23)48(56(3,51)52)22-27(49)21-47-32-9-5-4-7-25(32)20-45-47/h4-20,27,49H,21-22H2,1-3H3,(H,44,50). The number of aromatic nitrogens is 3. The number of carbonyl (C=O) groups excluding carboxylic acids is 1. The molecule has 8 rings (SSSR count). The fraction of sp³-hybridized carbons (Fsp3) is 0.146. The van der Waals surface area contributed by atoms with Gasteiger partial charge in [-0.25, -0.2) is 22.2 Å². The van der Waals surface area contributed by atoms with Crippen molar-refractivity contribution in [2.45, 2.75) is 12.6 Å². The Bertz CT molecular complexity index is 2900. The van der Waals surface area contributed by atoms with Gasteiger partial charge in [0, 0.05) is 35.0 Å². The number of ether oxygens (including phenoxy) is 1. The van der Waals surface area contributed by atoms with E-state index in [0.29, 0.717) is 33.4 Å². The van der Waals surface area contributed by atoms with Crippen molar-refractivity contribution in [2.24, 2.45) is 0 Å². The Kier molecular flexibility index (Phi) is 9.26. The quantitative estimate of drug-likeness (QED) is 0.137. The summed E-state index contributed by atoms with van der Waals surface area (Å²) in [5.41, 5.74) is 2.82. The first-order chi connectivity index (χ1) is 26.9. The second-order valence-electron chi connectivity index (χ2n) is 13.1. The van der Waals surface area contributed by atoms with Gasteiger partial charge >= 0.3 is 0 Å². The Balaban J connectivity index is 1.34. The molecule has 15 heteroatoms. The number of anilines is 1. The summed E-state index contributed by atoms with van der Waals surface area (Å²) < 4.78 is 76.8. The molecule has 1 unspecified atom stereocenters. The van der Waals surface area contributed by atoms with Crippen LogP contribution in [-0.2, 0) is 16.6 Å². The second-order valence-corrected chi connectivity index (χ2v) is 15.0. The summed E-state index contributed by atoms with van der Waals surface area (Å²) >= 11 is 0. The van der Waals surface area contributed by atoms with Crippen molar-refractivity contribution in [3.63, 3.8) is 0 Å². The number of rotatable bonds is 11. The van der Waals surface area contributed by atoms with E-state index in [2.05, 4.69) is 15.4 Å². The third-order valence-corrected chi connectivity index (χ3v) is 10.6. The van der Waals surface area contributed by atoms with Crippen molar-refractivity contribution in [3.8, 4) is 39.7 Å². The molecule has 0 saturated carbocycles. The van der Waals surface area contributed by atoms with Gasteiger partial charge in [0.25, 0.3) is 5.91 Å². The number of aliphatic hydroxyl groups is 1. The maximum atomic E-state index is 14.7. The summed E-state index contributed by atoms with van der Waals surface area (Å²) in [6, 6.07) is 25.3. The van der Waals surface area contributed by atoms with Crippen LogP contribution < -0.4 is 14.4 Å². The molecule has 0 bridgehead atoms. The number of nitrogens with one attached hydrogen (secondary N) is 1. The molecule has 0 aliphatic rings. The number of oxazole rings is 1. The fourth-order valence-electron chi connectivity index (χ4n) is 6.83. The Morgan fingerprint density at radius 2 is 1.71 bits per heavy atom. The second kappa shape index (κ2) is 14.2. The van der Waals surface area contributed by atoms with Crippen LogP contribution in [0.25, 0.3) is 66.9 Å². The molecule has 56 heavy (non-hydrogen) atoms. The van der Waals surface area contributed by atoms with E-state index in [1.54, 1.807) is 41.2 Å². The zero-order valence-corrected chi connectivity index (χ0v) is 31.0. The van der Waals surface area contributed by atoms with Gasteiger partial charge < -0.3 is 24.0 Å². The summed E-state index contributed by atoms with van der Waals surface area (Å²) in [4.78, 5) is 17.9. The number of halogens is 2. The van der Waals surface area contributed by atoms with Gasteiger partial charge in [0.15, 0.2) is 11.4 Å². The minimum absolute atomic E-state index is 0.0150. The third-order valence-electron chi connectivity index (χ3n) is 9.46. The average Bonchev–Trinajstić information content (AvgIpc) is 3.92. The maximum absolute atomic E-state index is 14.7. The van der Waals surface area contributed by atoms with Gasteiger partial charge in [-0.2, -0.15) is 5.10 Å². The van der Waals surface area contributed by atoms with Crippen molar-refractivity contribution < 1.29 is 40.7 Å². The third kappa shape index (κ3) is 6.60. The number of carbonyl (C=O) groups is 1. The van der Waals surface area contributed by atoms with Gasteiger partial charge in [-0.15, -0.1) is 0 Å². The van der Waals surface area contributed by atoms with E-state index in [0.717, 1.165) is 21.5 Å². The minimum atomic E-state index is -4.13. The highest BCUT2D eigenvalue weighted by atomic mass is 32.2. The number of fused-ring (bicyclic) bond motifs is 3. The van der Waals surface area contributed by atoms with Crippen LogP contribution in [0.1, 0.15) is 10.4 Å². The molecule has 1 atom stereocenters. The lowest BCUT2D eigenvalue weighted by molar-refractivity contribution is 0.0964. The molecule has 0 aliphatic heterocycles. The van der Waals surface area contributed by atoms with Crippen LogP contribution in [0.3, 0.4) is 0 Å². The molecule has 5 aromatic carbocycles. The first-order valence-corrected chi connectivity index (χ1v) is 19.2. The predicted molar refractivity (Wildman–Crippen MR) is 208 cm³/mol. The number of sulfonamides is 1. The Morgan fingerprint density at radius 1 is 0.946 bits per heavy atom. The van der Waals surface area contributed by atoms with Crippen LogP contribution in [0.5, 0.6) is 5.75 Å². The van der Waals surface area contributed by atoms with Crippen molar-refractivity contribution in [3.05, 3.63) is 120 Å². The van der Waals surface area contributed by atoms with Gasteiger partial charge in [-0.05, 0) is 66.2 Å².